The van der Waals surface area contributed by atoms with Gasteiger partial charge in [-0.15, -0.1) is 0 Å². The van der Waals surface area contributed by atoms with Crippen molar-refractivity contribution in [3.05, 3.63) is 28.8 Å². The van der Waals surface area contributed by atoms with Gasteiger partial charge < -0.3 is 14.6 Å². The molecule has 0 saturated carbocycles. The summed E-state index contributed by atoms with van der Waals surface area (Å²) in [6.07, 6.45) is 1.91. The Morgan fingerprint density at radius 3 is 2.62 bits per heavy atom. The van der Waals surface area contributed by atoms with Crippen LogP contribution in [0.4, 0.5) is 0 Å². The summed E-state index contributed by atoms with van der Waals surface area (Å²) in [5, 5.41) is 9.45. The number of hydrogen-bond acceptors (Lipinski definition) is 3. The van der Waals surface area contributed by atoms with Crippen LogP contribution < -0.4 is 4.74 Å². The molecule has 0 aromatic heterocycles. The van der Waals surface area contributed by atoms with Gasteiger partial charge in [-0.1, -0.05) is 17.7 Å². The van der Waals surface area contributed by atoms with Crippen molar-refractivity contribution >= 4 is 11.6 Å². The highest BCUT2D eigenvalue weighted by molar-refractivity contribution is 6.32. The lowest BCUT2D eigenvalue weighted by molar-refractivity contribution is 0.184. The number of hydrogen-bond donors (Lipinski definition) is 1. The Labute approximate surface area is 101 Å². The van der Waals surface area contributed by atoms with E-state index in [4.69, 9.17) is 26.2 Å². The summed E-state index contributed by atoms with van der Waals surface area (Å²) in [5.41, 5.74) is 0.789. The summed E-state index contributed by atoms with van der Waals surface area (Å²) >= 11 is 5.99. The molecule has 0 amide bonds. The van der Waals surface area contributed by atoms with Crippen LogP contribution in [-0.2, 0) is 11.3 Å². The van der Waals surface area contributed by atoms with Gasteiger partial charge in [-0.3, -0.25) is 0 Å². The highest BCUT2D eigenvalue weighted by Crippen LogP contribution is 2.25. The van der Waals surface area contributed by atoms with Gasteiger partial charge in [-0.2, -0.15) is 0 Å². The first-order valence-electron chi connectivity index (χ1n) is 5.29. The van der Waals surface area contributed by atoms with E-state index < -0.39 is 0 Å². The van der Waals surface area contributed by atoms with E-state index in [9.17, 15) is 0 Å². The summed E-state index contributed by atoms with van der Waals surface area (Å²) in [6.45, 7) is 1.37. The summed E-state index contributed by atoms with van der Waals surface area (Å²) in [6, 6.07) is 5.30. The molecule has 0 aliphatic heterocycles. The maximum atomic E-state index is 8.91. The third-order valence-electron chi connectivity index (χ3n) is 2.18. The summed E-state index contributed by atoms with van der Waals surface area (Å²) in [5.74, 6) is 0.663. The molecule has 90 valence electrons. The van der Waals surface area contributed by atoms with Gasteiger partial charge in [0.1, 0.15) is 5.75 Å². The number of halogens is 1. The Balaban J connectivity index is 2.36. The molecule has 0 heterocycles. The van der Waals surface area contributed by atoms with Crippen LogP contribution in [0, 0.1) is 0 Å². The molecule has 0 saturated heterocycles. The fraction of sp³-hybridized carbons (Fsp3) is 0.500. The molecular formula is C12H17ClO3. The second-order valence-electron chi connectivity index (χ2n) is 3.47. The van der Waals surface area contributed by atoms with E-state index in [0.29, 0.717) is 17.4 Å². The van der Waals surface area contributed by atoms with E-state index in [1.807, 2.05) is 0 Å². The lowest BCUT2D eigenvalue weighted by atomic mass is 10.2. The van der Waals surface area contributed by atoms with E-state index in [2.05, 4.69) is 0 Å². The number of rotatable bonds is 7. The predicted molar refractivity (Wildman–Crippen MR) is 64.0 cm³/mol. The minimum Gasteiger partial charge on any atom is -0.492 e. The topological polar surface area (TPSA) is 38.7 Å². The Hall–Kier alpha value is -0.770. The van der Waals surface area contributed by atoms with Crippen LogP contribution in [0.1, 0.15) is 18.4 Å². The molecule has 0 bridgehead atoms. The van der Waals surface area contributed by atoms with Gasteiger partial charge in [-0.05, 0) is 30.5 Å². The molecule has 4 heteroatoms. The maximum Gasteiger partial charge on any atom is 0.137 e. The van der Waals surface area contributed by atoms with Crippen molar-refractivity contribution in [3.8, 4) is 5.75 Å². The molecule has 1 aromatic carbocycles. The zero-order valence-corrected chi connectivity index (χ0v) is 10.2. The standard InChI is InChI=1S/C12H17ClO3/c1-15-6-2-3-7-16-12-5-4-10(9-14)8-11(12)13/h4-5,8,14H,2-3,6-7,9H2,1H3. The number of ether oxygens (including phenoxy) is 2. The second kappa shape index (κ2) is 7.49. The smallest absolute Gasteiger partial charge is 0.137 e. The molecule has 0 radical (unpaired) electrons. The van der Waals surface area contributed by atoms with Crippen molar-refractivity contribution in [1.82, 2.24) is 0 Å². The van der Waals surface area contributed by atoms with Gasteiger partial charge in [0, 0.05) is 13.7 Å². The van der Waals surface area contributed by atoms with E-state index in [1.54, 1.807) is 25.3 Å². The van der Waals surface area contributed by atoms with Crippen molar-refractivity contribution in [1.29, 1.82) is 0 Å². The van der Waals surface area contributed by atoms with Gasteiger partial charge in [-0.25, -0.2) is 0 Å². The largest absolute Gasteiger partial charge is 0.492 e. The minimum absolute atomic E-state index is 0.00611. The lowest BCUT2D eigenvalue weighted by Crippen LogP contribution is -2.00. The molecule has 0 aliphatic carbocycles. The zero-order chi connectivity index (χ0) is 11.8. The first-order chi connectivity index (χ1) is 7.77. The quantitative estimate of drug-likeness (QED) is 0.750. The van der Waals surface area contributed by atoms with E-state index in [1.165, 1.54) is 0 Å². The van der Waals surface area contributed by atoms with Crippen LogP contribution in [0.3, 0.4) is 0 Å². The monoisotopic (exact) mass is 244 g/mol. The number of aliphatic hydroxyl groups is 1. The normalized spacial score (nSPS) is 10.4. The Morgan fingerprint density at radius 2 is 2.00 bits per heavy atom. The van der Waals surface area contributed by atoms with Gasteiger partial charge in [0.2, 0.25) is 0 Å². The average molecular weight is 245 g/mol. The molecule has 16 heavy (non-hydrogen) atoms. The first-order valence-corrected chi connectivity index (χ1v) is 5.66. The van der Waals surface area contributed by atoms with Crippen LogP contribution in [0.2, 0.25) is 5.02 Å². The summed E-state index contributed by atoms with van der Waals surface area (Å²) in [4.78, 5) is 0. The molecule has 0 fully saturated rings. The van der Waals surface area contributed by atoms with Gasteiger partial charge in [0.15, 0.2) is 0 Å². The molecule has 3 nitrogen and oxygen atoms in total. The highest BCUT2D eigenvalue weighted by atomic mass is 35.5. The fourth-order valence-corrected chi connectivity index (χ4v) is 1.55. The van der Waals surface area contributed by atoms with Crippen molar-refractivity contribution in [2.45, 2.75) is 19.4 Å². The van der Waals surface area contributed by atoms with Crippen LogP contribution in [0.15, 0.2) is 18.2 Å². The van der Waals surface area contributed by atoms with Crippen LogP contribution in [0.25, 0.3) is 0 Å². The SMILES string of the molecule is COCCCCOc1ccc(CO)cc1Cl. The van der Waals surface area contributed by atoms with Crippen LogP contribution in [0.5, 0.6) is 5.75 Å². The molecule has 1 N–H and O–H groups in total. The Bertz CT molecular complexity index is 315. The van der Waals surface area contributed by atoms with Crippen molar-refractivity contribution < 1.29 is 14.6 Å². The number of methoxy groups -OCH3 is 1. The van der Waals surface area contributed by atoms with Crippen LogP contribution in [-0.4, -0.2) is 25.4 Å². The minimum atomic E-state index is -0.00611. The molecule has 1 rings (SSSR count). The Morgan fingerprint density at radius 1 is 1.25 bits per heavy atom. The highest BCUT2D eigenvalue weighted by Gasteiger charge is 2.02. The fourth-order valence-electron chi connectivity index (χ4n) is 1.29. The van der Waals surface area contributed by atoms with Crippen molar-refractivity contribution in [2.75, 3.05) is 20.3 Å². The van der Waals surface area contributed by atoms with Crippen molar-refractivity contribution in [2.24, 2.45) is 0 Å². The second-order valence-corrected chi connectivity index (χ2v) is 3.88. The zero-order valence-electron chi connectivity index (χ0n) is 9.41. The van der Waals surface area contributed by atoms with E-state index in [-0.39, 0.29) is 6.61 Å². The first kappa shape index (κ1) is 13.3. The number of unbranched alkanes of at least 4 members (excludes halogenated alkanes) is 1. The van der Waals surface area contributed by atoms with Gasteiger partial charge in [0.25, 0.3) is 0 Å². The molecule has 0 aliphatic rings. The van der Waals surface area contributed by atoms with Gasteiger partial charge in [0.05, 0.1) is 18.2 Å². The molecule has 0 spiro atoms. The number of aliphatic hydroxyl groups excluding tert-OH is 1. The molecule has 0 atom stereocenters. The van der Waals surface area contributed by atoms with Gasteiger partial charge >= 0.3 is 0 Å². The van der Waals surface area contributed by atoms with Crippen molar-refractivity contribution in [3.63, 3.8) is 0 Å². The number of benzene rings is 1. The summed E-state index contributed by atoms with van der Waals surface area (Å²) < 4.78 is 10.5. The Kier molecular flexibility index (Phi) is 6.23. The average Bonchev–Trinajstić information content (AvgIpc) is 2.30. The molecule has 1 aromatic rings. The lowest BCUT2D eigenvalue weighted by Gasteiger charge is -2.08. The maximum absolute atomic E-state index is 8.91. The van der Waals surface area contributed by atoms with E-state index >= 15 is 0 Å². The predicted octanol–water partition coefficient (Wildman–Crippen LogP) is 2.64. The molecule has 0 unspecified atom stereocenters. The van der Waals surface area contributed by atoms with Crippen LogP contribution >= 0.6 is 11.6 Å². The molecular weight excluding hydrogens is 228 g/mol. The third-order valence-corrected chi connectivity index (χ3v) is 2.47. The third kappa shape index (κ3) is 4.39. The summed E-state index contributed by atoms with van der Waals surface area (Å²) in [7, 11) is 1.69. The van der Waals surface area contributed by atoms with E-state index in [0.717, 1.165) is 25.0 Å².